The minimum atomic E-state index is 0.332. The van der Waals surface area contributed by atoms with Crippen LogP contribution in [0.25, 0.3) is 0 Å². The Labute approximate surface area is 87.5 Å². The van der Waals surface area contributed by atoms with E-state index in [4.69, 9.17) is 10.5 Å². The van der Waals surface area contributed by atoms with Crippen molar-refractivity contribution in [1.29, 1.82) is 0 Å². The summed E-state index contributed by atoms with van der Waals surface area (Å²) >= 11 is 0. The molecule has 2 aromatic rings. The van der Waals surface area contributed by atoms with Crippen LogP contribution >= 0.6 is 0 Å². The molecule has 0 aliphatic rings. The van der Waals surface area contributed by atoms with Gasteiger partial charge in [-0.15, -0.1) is 5.10 Å². The third-order valence-electron chi connectivity index (χ3n) is 1.97. The Morgan fingerprint density at radius 2 is 2.20 bits per heavy atom. The largest absolute Gasteiger partial charge is 0.423 e. The fourth-order valence-electron chi connectivity index (χ4n) is 1.24. The van der Waals surface area contributed by atoms with Gasteiger partial charge in [-0.2, -0.15) is 4.98 Å². The molecular formula is C10H12N4O. The Morgan fingerprint density at radius 3 is 2.87 bits per heavy atom. The smallest absolute Gasteiger partial charge is 0.340 e. The molecule has 0 saturated carbocycles. The van der Waals surface area contributed by atoms with Crippen molar-refractivity contribution in [3.63, 3.8) is 0 Å². The summed E-state index contributed by atoms with van der Waals surface area (Å²) in [5, 5.41) is 4.02. The molecule has 15 heavy (non-hydrogen) atoms. The van der Waals surface area contributed by atoms with Gasteiger partial charge in [0, 0.05) is 19.2 Å². The monoisotopic (exact) mass is 204 g/mol. The van der Waals surface area contributed by atoms with Gasteiger partial charge in [-0.25, -0.2) is 0 Å². The Hall–Kier alpha value is -1.88. The fraction of sp³-hybridized carbons (Fsp3) is 0.200. The summed E-state index contributed by atoms with van der Waals surface area (Å²) in [6, 6.07) is 7.90. The number of nitrogens with two attached hydrogens (primary N) is 1. The average Bonchev–Trinajstić information content (AvgIpc) is 2.65. The van der Waals surface area contributed by atoms with E-state index in [9.17, 15) is 0 Å². The SMILES string of the molecule is Cn1cnc(Oc2ccccc2CN)n1. The highest BCUT2D eigenvalue weighted by atomic mass is 16.5. The van der Waals surface area contributed by atoms with Gasteiger partial charge in [-0.1, -0.05) is 18.2 Å². The zero-order chi connectivity index (χ0) is 10.7. The van der Waals surface area contributed by atoms with Crippen LogP contribution in [0.1, 0.15) is 5.56 Å². The van der Waals surface area contributed by atoms with Crippen LogP contribution in [0.5, 0.6) is 11.8 Å². The third kappa shape index (κ3) is 2.13. The topological polar surface area (TPSA) is 66.0 Å². The van der Waals surface area contributed by atoms with E-state index in [1.54, 1.807) is 18.1 Å². The van der Waals surface area contributed by atoms with Gasteiger partial charge >= 0.3 is 6.01 Å². The molecule has 0 bridgehead atoms. The first-order valence-corrected chi connectivity index (χ1v) is 4.61. The van der Waals surface area contributed by atoms with Gasteiger partial charge in [0.25, 0.3) is 0 Å². The molecule has 0 radical (unpaired) electrons. The highest BCUT2D eigenvalue weighted by Gasteiger charge is 2.05. The van der Waals surface area contributed by atoms with E-state index in [0.717, 1.165) is 5.56 Å². The highest BCUT2D eigenvalue weighted by molar-refractivity contribution is 5.34. The van der Waals surface area contributed by atoms with Crippen LogP contribution in [0.3, 0.4) is 0 Å². The Morgan fingerprint density at radius 1 is 1.40 bits per heavy atom. The summed E-state index contributed by atoms with van der Waals surface area (Å²) < 4.78 is 7.08. The molecule has 0 aliphatic carbocycles. The fourth-order valence-corrected chi connectivity index (χ4v) is 1.24. The van der Waals surface area contributed by atoms with Crippen molar-refractivity contribution in [3.05, 3.63) is 36.2 Å². The number of aryl methyl sites for hydroxylation is 1. The number of hydrogen-bond acceptors (Lipinski definition) is 4. The maximum Gasteiger partial charge on any atom is 0.340 e. The van der Waals surface area contributed by atoms with Crippen molar-refractivity contribution in [1.82, 2.24) is 14.8 Å². The normalized spacial score (nSPS) is 10.3. The minimum absolute atomic E-state index is 0.332. The number of para-hydroxylation sites is 1. The van der Waals surface area contributed by atoms with Crippen molar-refractivity contribution in [2.24, 2.45) is 12.8 Å². The van der Waals surface area contributed by atoms with E-state index in [-0.39, 0.29) is 0 Å². The first-order chi connectivity index (χ1) is 7.29. The molecule has 1 heterocycles. The standard InChI is InChI=1S/C10H12N4O/c1-14-7-12-10(13-14)15-9-5-3-2-4-8(9)6-11/h2-5,7H,6,11H2,1H3. The Bertz CT molecular complexity index is 452. The van der Waals surface area contributed by atoms with Gasteiger partial charge in [0.05, 0.1) is 0 Å². The van der Waals surface area contributed by atoms with E-state index in [0.29, 0.717) is 18.3 Å². The summed E-state index contributed by atoms with van der Waals surface area (Å²) in [6.07, 6.45) is 1.58. The number of hydrogen-bond donors (Lipinski definition) is 1. The second-order valence-corrected chi connectivity index (χ2v) is 3.11. The lowest BCUT2D eigenvalue weighted by atomic mass is 10.2. The predicted octanol–water partition coefficient (Wildman–Crippen LogP) is 1.07. The average molecular weight is 204 g/mol. The van der Waals surface area contributed by atoms with Gasteiger partial charge in [0.15, 0.2) is 0 Å². The molecule has 2 N–H and O–H groups in total. The summed E-state index contributed by atoms with van der Waals surface area (Å²) in [5.41, 5.74) is 6.52. The van der Waals surface area contributed by atoms with Crippen molar-refractivity contribution in [2.45, 2.75) is 6.54 Å². The van der Waals surface area contributed by atoms with E-state index in [1.165, 1.54) is 0 Å². The molecule has 5 nitrogen and oxygen atoms in total. The third-order valence-corrected chi connectivity index (χ3v) is 1.97. The van der Waals surface area contributed by atoms with Crippen molar-refractivity contribution in [3.8, 4) is 11.8 Å². The summed E-state index contributed by atoms with van der Waals surface area (Å²) in [6.45, 7) is 0.434. The van der Waals surface area contributed by atoms with Crippen molar-refractivity contribution in [2.75, 3.05) is 0 Å². The quantitative estimate of drug-likeness (QED) is 0.812. The molecule has 0 aliphatic heterocycles. The van der Waals surface area contributed by atoms with E-state index >= 15 is 0 Å². The molecule has 2 rings (SSSR count). The number of aromatic nitrogens is 3. The number of nitrogens with zero attached hydrogens (tertiary/aromatic N) is 3. The number of rotatable bonds is 3. The Kier molecular flexibility index (Phi) is 2.64. The van der Waals surface area contributed by atoms with Crippen molar-refractivity contribution >= 4 is 0 Å². The van der Waals surface area contributed by atoms with E-state index in [1.807, 2.05) is 24.3 Å². The van der Waals surface area contributed by atoms with Crippen LogP contribution in [0.2, 0.25) is 0 Å². The summed E-state index contributed by atoms with van der Waals surface area (Å²) in [5.74, 6) is 0.700. The molecule has 0 unspecified atom stereocenters. The second-order valence-electron chi connectivity index (χ2n) is 3.11. The zero-order valence-corrected chi connectivity index (χ0v) is 8.42. The van der Waals surface area contributed by atoms with Crippen LogP contribution in [0, 0.1) is 0 Å². The molecule has 0 saturated heterocycles. The molecule has 0 atom stereocenters. The first kappa shape index (κ1) is 9.67. The summed E-state index contributed by atoms with van der Waals surface area (Å²) in [7, 11) is 1.79. The van der Waals surface area contributed by atoms with Gasteiger partial charge in [0.1, 0.15) is 12.1 Å². The lowest BCUT2D eigenvalue weighted by Crippen LogP contribution is -1.99. The van der Waals surface area contributed by atoms with Gasteiger partial charge in [-0.05, 0) is 6.07 Å². The molecule has 78 valence electrons. The maximum absolute atomic E-state index is 5.58. The van der Waals surface area contributed by atoms with E-state index < -0.39 is 0 Å². The first-order valence-electron chi connectivity index (χ1n) is 4.61. The maximum atomic E-state index is 5.58. The van der Waals surface area contributed by atoms with Crippen LogP contribution in [0.4, 0.5) is 0 Å². The van der Waals surface area contributed by atoms with Crippen LogP contribution in [-0.2, 0) is 13.6 Å². The van der Waals surface area contributed by atoms with Crippen molar-refractivity contribution < 1.29 is 4.74 Å². The summed E-state index contributed by atoms with van der Waals surface area (Å²) in [4.78, 5) is 3.98. The number of benzene rings is 1. The molecule has 1 aromatic carbocycles. The van der Waals surface area contributed by atoms with Crippen LogP contribution in [0.15, 0.2) is 30.6 Å². The molecule has 1 aromatic heterocycles. The Balaban J connectivity index is 2.23. The van der Waals surface area contributed by atoms with Crippen LogP contribution in [-0.4, -0.2) is 14.8 Å². The molecule has 0 spiro atoms. The van der Waals surface area contributed by atoms with Gasteiger partial charge in [0.2, 0.25) is 0 Å². The minimum Gasteiger partial charge on any atom is -0.423 e. The highest BCUT2D eigenvalue weighted by Crippen LogP contribution is 2.21. The number of ether oxygens (including phenoxy) is 1. The predicted molar refractivity (Wildman–Crippen MR) is 55.4 cm³/mol. The second kappa shape index (κ2) is 4.10. The lowest BCUT2D eigenvalue weighted by molar-refractivity contribution is 0.434. The molecular weight excluding hydrogens is 192 g/mol. The zero-order valence-electron chi connectivity index (χ0n) is 8.42. The van der Waals surface area contributed by atoms with Gasteiger partial charge < -0.3 is 10.5 Å². The van der Waals surface area contributed by atoms with Gasteiger partial charge in [-0.3, -0.25) is 4.68 Å². The lowest BCUT2D eigenvalue weighted by Gasteiger charge is -2.05. The molecule has 0 amide bonds. The van der Waals surface area contributed by atoms with Crippen LogP contribution < -0.4 is 10.5 Å². The van der Waals surface area contributed by atoms with E-state index in [2.05, 4.69) is 10.1 Å². The molecule has 5 heteroatoms. The molecule has 0 fully saturated rings.